The zero-order valence-corrected chi connectivity index (χ0v) is 11.0. The number of hydrazine groups is 1. The number of nitrogens with zero attached hydrogens (tertiary/aromatic N) is 1. The van der Waals surface area contributed by atoms with Crippen LogP contribution in [0.4, 0.5) is 8.78 Å². The molecule has 1 unspecified atom stereocenters. The topological polar surface area (TPSA) is 50.9 Å². The van der Waals surface area contributed by atoms with E-state index in [4.69, 9.17) is 5.84 Å². The molecule has 5 heteroatoms. The highest BCUT2D eigenvalue weighted by atomic mass is 19.2. The summed E-state index contributed by atoms with van der Waals surface area (Å²) < 4.78 is 26.8. The Bertz CT molecular complexity index is 546. The molecule has 0 fully saturated rings. The molecule has 0 radical (unpaired) electrons. The van der Waals surface area contributed by atoms with Crippen LogP contribution in [0.15, 0.2) is 42.7 Å². The van der Waals surface area contributed by atoms with Gasteiger partial charge in [0.15, 0.2) is 11.6 Å². The first-order valence-corrected chi connectivity index (χ1v) is 6.48. The second-order valence-corrected chi connectivity index (χ2v) is 4.67. The molecule has 0 saturated carbocycles. The zero-order chi connectivity index (χ0) is 14.4. The minimum atomic E-state index is -0.826. The molecule has 0 aliphatic carbocycles. The number of nitrogens with one attached hydrogen (secondary N) is 1. The van der Waals surface area contributed by atoms with Crippen LogP contribution in [-0.4, -0.2) is 11.0 Å². The second-order valence-electron chi connectivity index (χ2n) is 4.67. The van der Waals surface area contributed by atoms with Crippen molar-refractivity contribution in [2.75, 3.05) is 0 Å². The van der Waals surface area contributed by atoms with Crippen molar-refractivity contribution >= 4 is 0 Å². The number of hydrogen-bond acceptors (Lipinski definition) is 3. The zero-order valence-electron chi connectivity index (χ0n) is 11.0. The van der Waals surface area contributed by atoms with Crippen molar-refractivity contribution < 1.29 is 8.78 Å². The van der Waals surface area contributed by atoms with E-state index in [-0.39, 0.29) is 6.04 Å². The highest BCUT2D eigenvalue weighted by Crippen LogP contribution is 2.15. The normalized spacial score (nSPS) is 12.3. The Kier molecular flexibility index (Phi) is 5.15. The van der Waals surface area contributed by atoms with E-state index in [0.29, 0.717) is 12.0 Å². The fraction of sp³-hybridized carbons (Fsp3) is 0.267. The van der Waals surface area contributed by atoms with Crippen LogP contribution in [0, 0.1) is 11.6 Å². The van der Waals surface area contributed by atoms with Gasteiger partial charge in [0, 0.05) is 18.4 Å². The van der Waals surface area contributed by atoms with Crippen molar-refractivity contribution in [3.8, 4) is 0 Å². The molecule has 0 aliphatic heterocycles. The molecule has 3 N–H and O–H groups in total. The largest absolute Gasteiger partial charge is 0.271 e. The predicted molar refractivity (Wildman–Crippen MR) is 73.7 cm³/mol. The average Bonchev–Trinajstić information content (AvgIpc) is 2.49. The molecule has 0 spiro atoms. The molecule has 1 heterocycles. The third-order valence-electron chi connectivity index (χ3n) is 3.26. The van der Waals surface area contributed by atoms with Gasteiger partial charge in [0.05, 0.1) is 0 Å². The van der Waals surface area contributed by atoms with Gasteiger partial charge in [-0.05, 0) is 48.6 Å². The van der Waals surface area contributed by atoms with Crippen molar-refractivity contribution in [1.82, 2.24) is 10.4 Å². The molecule has 20 heavy (non-hydrogen) atoms. The Morgan fingerprint density at radius 2 is 1.90 bits per heavy atom. The quantitative estimate of drug-likeness (QED) is 0.629. The molecule has 1 aromatic heterocycles. The van der Waals surface area contributed by atoms with Gasteiger partial charge in [0.2, 0.25) is 0 Å². The minimum absolute atomic E-state index is 0.112. The molecule has 2 aromatic rings. The predicted octanol–water partition coefficient (Wildman–Crippen LogP) is 2.37. The number of aromatic nitrogens is 1. The monoisotopic (exact) mass is 277 g/mol. The van der Waals surface area contributed by atoms with Gasteiger partial charge in [0.25, 0.3) is 0 Å². The molecule has 0 bridgehead atoms. The molecule has 3 nitrogen and oxygen atoms in total. The third-order valence-corrected chi connectivity index (χ3v) is 3.26. The fourth-order valence-corrected chi connectivity index (χ4v) is 2.11. The van der Waals surface area contributed by atoms with E-state index in [2.05, 4.69) is 10.4 Å². The second kappa shape index (κ2) is 7.07. The Hall–Kier alpha value is -1.85. The lowest BCUT2D eigenvalue weighted by Gasteiger charge is -2.16. The van der Waals surface area contributed by atoms with Crippen LogP contribution in [-0.2, 0) is 12.8 Å². The summed E-state index contributed by atoms with van der Waals surface area (Å²) in [5.41, 5.74) is 4.14. The van der Waals surface area contributed by atoms with Crippen LogP contribution in [0.2, 0.25) is 0 Å². The van der Waals surface area contributed by atoms with Gasteiger partial charge in [-0.2, -0.15) is 0 Å². The van der Waals surface area contributed by atoms with Crippen LogP contribution in [0.1, 0.15) is 17.5 Å². The number of aryl methyl sites for hydroxylation is 1. The number of benzene rings is 1. The van der Waals surface area contributed by atoms with Crippen molar-refractivity contribution in [2.45, 2.75) is 25.3 Å². The summed E-state index contributed by atoms with van der Waals surface area (Å²) in [4.78, 5) is 3.95. The maximum absolute atomic E-state index is 13.6. The van der Waals surface area contributed by atoms with Gasteiger partial charge in [-0.25, -0.2) is 8.78 Å². The highest BCUT2D eigenvalue weighted by molar-refractivity contribution is 5.20. The number of rotatable bonds is 6. The van der Waals surface area contributed by atoms with E-state index in [1.807, 2.05) is 12.1 Å². The summed E-state index contributed by atoms with van der Waals surface area (Å²) in [6.45, 7) is 0. The van der Waals surface area contributed by atoms with E-state index in [1.54, 1.807) is 18.5 Å². The van der Waals surface area contributed by atoms with Crippen LogP contribution >= 0.6 is 0 Å². The van der Waals surface area contributed by atoms with Crippen molar-refractivity contribution in [1.29, 1.82) is 0 Å². The molecule has 1 atom stereocenters. The fourth-order valence-electron chi connectivity index (χ4n) is 2.11. The molecule has 106 valence electrons. The van der Waals surface area contributed by atoms with Crippen molar-refractivity contribution in [3.05, 3.63) is 65.5 Å². The summed E-state index contributed by atoms with van der Waals surface area (Å²) in [6.07, 6.45) is 5.34. The lowest BCUT2D eigenvalue weighted by molar-refractivity contribution is 0.460. The average molecular weight is 277 g/mol. The molecule has 0 amide bonds. The Morgan fingerprint density at radius 1 is 1.15 bits per heavy atom. The standard InChI is InChI=1S/C15H17F2N3/c16-14-3-1-2-12(15(14)17)10-13(20-18)5-4-11-6-8-19-9-7-11/h1-3,6-9,13,20H,4-5,10,18H2. The maximum Gasteiger partial charge on any atom is 0.162 e. The van der Waals surface area contributed by atoms with Crippen molar-refractivity contribution in [3.63, 3.8) is 0 Å². The van der Waals surface area contributed by atoms with Gasteiger partial charge in [-0.3, -0.25) is 16.3 Å². The van der Waals surface area contributed by atoms with Crippen LogP contribution in [0.5, 0.6) is 0 Å². The van der Waals surface area contributed by atoms with Crippen molar-refractivity contribution in [2.24, 2.45) is 5.84 Å². The first-order valence-electron chi connectivity index (χ1n) is 6.48. The first-order chi connectivity index (χ1) is 9.70. The Balaban J connectivity index is 1.97. The van der Waals surface area contributed by atoms with Crippen LogP contribution in [0.25, 0.3) is 0 Å². The molecule has 2 rings (SSSR count). The van der Waals surface area contributed by atoms with E-state index < -0.39 is 11.6 Å². The smallest absolute Gasteiger partial charge is 0.162 e. The summed E-state index contributed by atoms with van der Waals surface area (Å²) in [5, 5.41) is 0. The van der Waals surface area contributed by atoms with Gasteiger partial charge in [-0.1, -0.05) is 12.1 Å². The SMILES string of the molecule is NNC(CCc1ccncc1)Cc1cccc(F)c1F. The Morgan fingerprint density at radius 3 is 2.60 bits per heavy atom. The van der Waals surface area contributed by atoms with Gasteiger partial charge >= 0.3 is 0 Å². The van der Waals surface area contributed by atoms with Crippen LogP contribution in [0.3, 0.4) is 0 Å². The Labute approximate surface area is 116 Å². The van der Waals surface area contributed by atoms with E-state index >= 15 is 0 Å². The molecular weight excluding hydrogens is 260 g/mol. The molecule has 1 aromatic carbocycles. The highest BCUT2D eigenvalue weighted by Gasteiger charge is 2.13. The first kappa shape index (κ1) is 14.6. The lowest BCUT2D eigenvalue weighted by Crippen LogP contribution is -2.37. The maximum atomic E-state index is 13.6. The van der Waals surface area contributed by atoms with E-state index in [1.165, 1.54) is 6.07 Å². The van der Waals surface area contributed by atoms with Gasteiger partial charge in [-0.15, -0.1) is 0 Å². The lowest BCUT2D eigenvalue weighted by atomic mass is 9.99. The third kappa shape index (κ3) is 3.82. The number of halogens is 2. The number of pyridine rings is 1. The number of hydrogen-bond donors (Lipinski definition) is 2. The molecule has 0 saturated heterocycles. The van der Waals surface area contributed by atoms with Gasteiger partial charge < -0.3 is 0 Å². The summed E-state index contributed by atoms with van der Waals surface area (Å²) in [6, 6.07) is 7.94. The van der Waals surface area contributed by atoms with E-state index in [0.717, 1.165) is 24.5 Å². The number of nitrogens with two attached hydrogens (primary N) is 1. The minimum Gasteiger partial charge on any atom is -0.271 e. The summed E-state index contributed by atoms with van der Waals surface area (Å²) >= 11 is 0. The van der Waals surface area contributed by atoms with Crippen LogP contribution < -0.4 is 11.3 Å². The summed E-state index contributed by atoms with van der Waals surface area (Å²) in [5.74, 6) is 3.87. The van der Waals surface area contributed by atoms with Gasteiger partial charge in [0.1, 0.15) is 0 Å². The molecular formula is C15H17F2N3. The summed E-state index contributed by atoms with van der Waals surface area (Å²) in [7, 11) is 0. The van der Waals surface area contributed by atoms with E-state index in [9.17, 15) is 8.78 Å². The molecule has 0 aliphatic rings.